The maximum Gasteiger partial charge on any atom is 0.434 e. The number of aromatic nitrogens is 1. The summed E-state index contributed by atoms with van der Waals surface area (Å²) in [5, 5.41) is 4.60. The molecule has 1 aromatic carbocycles. The first-order valence-electron chi connectivity index (χ1n) is 9.22. The van der Waals surface area contributed by atoms with Gasteiger partial charge in [0.2, 0.25) is 0 Å². The van der Waals surface area contributed by atoms with Crippen LogP contribution in [0.15, 0.2) is 40.7 Å². The highest BCUT2D eigenvalue weighted by Gasteiger charge is 2.33. The van der Waals surface area contributed by atoms with Crippen LogP contribution in [0.2, 0.25) is 0 Å². The molecule has 1 fully saturated rings. The van der Waals surface area contributed by atoms with Gasteiger partial charge in [0.25, 0.3) is 0 Å². The highest BCUT2D eigenvalue weighted by Crippen LogP contribution is 2.30. The van der Waals surface area contributed by atoms with Crippen molar-refractivity contribution in [2.75, 3.05) is 19.6 Å². The minimum absolute atomic E-state index is 0. The molecule has 0 aliphatic carbocycles. The van der Waals surface area contributed by atoms with E-state index in [9.17, 15) is 13.2 Å². The number of alkyl halides is 3. The standard InChI is InChI=1S/C19H23F3N4OS.HI/c1-2-23-18(24-12-17-25-16(13-28-17)19(20,21)22)26-10-8-15(9-11-26)27-14-6-4-3-5-7-14;/h3-7,13,15H,2,8-12H2,1H3,(H,23,24);1H. The Kier molecular flexibility index (Phi) is 9.00. The summed E-state index contributed by atoms with van der Waals surface area (Å²) >= 11 is 0.980. The van der Waals surface area contributed by atoms with Gasteiger partial charge in [-0.3, -0.25) is 0 Å². The average molecular weight is 540 g/mol. The summed E-state index contributed by atoms with van der Waals surface area (Å²) < 4.78 is 44.0. The summed E-state index contributed by atoms with van der Waals surface area (Å²) in [6.45, 7) is 4.32. The molecule has 29 heavy (non-hydrogen) atoms. The molecule has 0 radical (unpaired) electrons. The second-order valence-electron chi connectivity index (χ2n) is 6.41. The van der Waals surface area contributed by atoms with Gasteiger partial charge in [0.15, 0.2) is 11.7 Å². The van der Waals surface area contributed by atoms with Gasteiger partial charge >= 0.3 is 6.18 Å². The number of nitrogens with one attached hydrogen (secondary N) is 1. The molecule has 2 aromatic rings. The van der Waals surface area contributed by atoms with Gasteiger partial charge < -0.3 is 15.0 Å². The van der Waals surface area contributed by atoms with Crippen molar-refractivity contribution in [3.8, 4) is 5.75 Å². The number of hydrogen-bond donors (Lipinski definition) is 1. The molecule has 0 amide bonds. The van der Waals surface area contributed by atoms with E-state index in [-0.39, 0.29) is 36.6 Å². The van der Waals surface area contributed by atoms with E-state index >= 15 is 0 Å². The fraction of sp³-hybridized carbons (Fsp3) is 0.474. The van der Waals surface area contributed by atoms with Gasteiger partial charge in [0.05, 0.1) is 6.54 Å². The number of piperidine rings is 1. The molecule has 1 aromatic heterocycles. The lowest BCUT2D eigenvalue weighted by atomic mass is 10.1. The van der Waals surface area contributed by atoms with Crippen molar-refractivity contribution in [1.82, 2.24) is 15.2 Å². The minimum atomic E-state index is -4.41. The molecular formula is C19H24F3IN4OS. The molecular weight excluding hydrogens is 516 g/mol. The van der Waals surface area contributed by atoms with Gasteiger partial charge in [-0.25, -0.2) is 9.98 Å². The third-order valence-corrected chi connectivity index (χ3v) is 5.16. The molecule has 0 bridgehead atoms. The Morgan fingerprint density at radius 1 is 1.28 bits per heavy atom. The fourth-order valence-corrected chi connectivity index (χ4v) is 3.68. The second kappa shape index (κ2) is 11.0. The lowest BCUT2D eigenvalue weighted by Crippen LogP contribution is -2.47. The first-order valence-corrected chi connectivity index (χ1v) is 10.1. The van der Waals surface area contributed by atoms with Gasteiger partial charge in [-0.05, 0) is 19.1 Å². The largest absolute Gasteiger partial charge is 0.490 e. The molecule has 0 atom stereocenters. The van der Waals surface area contributed by atoms with Crippen molar-refractivity contribution in [3.05, 3.63) is 46.4 Å². The highest BCUT2D eigenvalue weighted by atomic mass is 127. The van der Waals surface area contributed by atoms with Crippen molar-refractivity contribution in [1.29, 1.82) is 0 Å². The Balaban J connectivity index is 0.00000300. The molecule has 1 N–H and O–H groups in total. The monoisotopic (exact) mass is 540 g/mol. The highest BCUT2D eigenvalue weighted by molar-refractivity contribution is 14.0. The molecule has 5 nitrogen and oxygen atoms in total. The van der Waals surface area contributed by atoms with E-state index in [1.165, 1.54) is 0 Å². The second-order valence-corrected chi connectivity index (χ2v) is 7.35. The molecule has 160 valence electrons. The van der Waals surface area contributed by atoms with Gasteiger partial charge in [-0.1, -0.05) is 18.2 Å². The predicted molar refractivity (Wildman–Crippen MR) is 119 cm³/mol. The van der Waals surface area contributed by atoms with E-state index < -0.39 is 11.9 Å². The molecule has 0 unspecified atom stereocenters. The van der Waals surface area contributed by atoms with Gasteiger partial charge in [-0.2, -0.15) is 13.2 Å². The molecule has 1 aliphatic heterocycles. The number of nitrogens with zero attached hydrogens (tertiary/aromatic N) is 3. The van der Waals surface area contributed by atoms with E-state index in [1.807, 2.05) is 37.3 Å². The smallest absolute Gasteiger partial charge is 0.434 e. The molecule has 1 aliphatic rings. The summed E-state index contributed by atoms with van der Waals surface area (Å²) in [7, 11) is 0. The number of likely N-dealkylation sites (tertiary alicyclic amines) is 1. The zero-order valence-electron chi connectivity index (χ0n) is 16.0. The average Bonchev–Trinajstić information content (AvgIpc) is 3.16. The zero-order chi connectivity index (χ0) is 20.0. The first kappa shape index (κ1) is 23.7. The summed E-state index contributed by atoms with van der Waals surface area (Å²) in [5.41, 5.74) is -0.855. The topological polar surface area (TPSA) is 49.8 Å². The van der Waals surface area contributed by atoms with E-state index in [2.05, 4.69) is 20.2 Å². The maximum atomic E-state index is 12.7. The maximum absolute atomic E-state index is 12.7. The number of guanidine groups is 1. The number of benzene rings is 1. The number of aliphatic imine (C=N–C) groups is 1. The van der Waals surface area contributed by atoms with Crippen LogP contribution in [0.5, 0.6) is 5.75 Å². The van der Waals surface area contributed by atoms with Crippen molar-refractivity contribution in [2.45, 2.75) is 38.6 Å². The Hall–Kier alpha value is -1.56. The number of ether oxygens (including phenoxy) is 1. The molecule has 2 heterocycles. The lowest BCUT2D eigenvalue weighted by molar-refractivity contribution is -0.140. The van der Waals surface area contributed by atoms with Crippen LogP contribution >= 0.6 is 35.3 Å². The number of hydrogen-bond acceptors (Lipinski definition) is 4. The van der Waals surface area contributed by atoms with Crippen molar-refractivity contribution in [2.24, 2.45) is 4.99 Å². The molecule has 0 saturated carbocycles. The van der Waals surface area contributed by atoms with E-state index in [1.54, 1.807) is 0 Å². The zero-order valence-corrected chi connectivity index (χ0v) is 19.1. The molecule has 10 heteroatoms. The van der Waals surface area contributed by atoms with Crippen LogP contribution in [-0.2, 0) is 12.7 Å². The molecule has 3 rings (SSSR count). The predicted octanol–water partition coefficient (Wildman–Crippen LogP) is 4.79. The third kappa shape index (κ3) is 7.02. The lowest BCUT2D eigenvalue weighted by Gasteiger charge is -2.34. The Morgan fingerprint density at radius 3 is 2.55 bits per heavy atom. The van der Waals surface area contributed by atoms with Crippen LogP contribution in [0.3, 0.4) is 0 Å². The minimum Gasteiger partial charge on any atom is -0.490 e. The SMILES string of the molecule is CCNC(=NCc1nc(C(F)(F)F)cs1)N1CCC(Oc2ccccc2)CC1.I. The van der Waals surface area contributed by atoms with Crippen LogP contribution in [0.4, 0.5) is 13.2 Å². The summed E-state index contributed by atoms with van der Waals surface area (Å²) in [5.74, 6) is 1.56. The summed E-state index contributed by atoms with van der Waals surface area (Å²) in [6.07, 6.45) is -2.55. The molecule has 1 saturated heterocycles. The van der Waals surface area contributed by atoms with Crippen molar-refractivity contribution in [3.63, 3.8) is 0 Å². The van der Waals surface area contributed by atoms with Gasteiger partial charge in [0.1, 0.15) is 16.9 Å². The first-order chi connectivity index (χ1) is 13.5. The molecule has 0 spiro atoms. The van der Waals surface area contributed by atoms with Gasteiger partial charge in [-0.15, -0.1) is 35.3 Å². The number of halogens is 4. The third-order valence-electron chi connectivity index (χ3n) is 4.33. The van der Waals surface area contributed by atoms with Crippen molar-refractivity contribution < 1.29 is 17.9 Å². The van der Waals surface area contributed by atoms with Crippen molar-refractivity contribution >= 4 is 41.3 Å². The Bertz CT molecular complexity index is 777. The normalized spacial score (nSPS) is 15.7. The van der Waals surface area contributed by atoms with E-state index in [0.29, 0.717) is 17.5 Å². The van der Waals surface area contributed by atoms with Crippen LogP contribution < -0.4 is 10.1 Å². The number of rotatable bonds is 5. The van der Waals surface area contributed by atoms with Crippen LogP contribution in [0, 0.1) is 0 Å². The quantitative estimate of drug-likeness (QED) is 0.337. The van der Waals surface area contributed by atoms with Crippen LogP contribution in [0.25, 0.3) is 0 Å². The van der Waals surface area contributed by atoms with Crippen LogP contribution in [0.1, 0.15) is 30.5 Å². The van der Waals surface area contributed by atoms with E-state index in [0.717, 1.165) is 48.4 Å². The van der Waals surface area contributed by atoms with Gasteiger partial charge in [0, 0.05) is 37.9 Å². The summed E-state index contributed by atoms with van der Waals surface area (Å²) in [6, 6.07) is 9.74. The Morgan fingerprint density at radius 2 is 1.97 bits per heavy atom. The van der Waals surface area contributed by atoms with Crippen LogP contribution in [-0.4, -0.2) is 41.6 Å². The van der Waals surface area contributed by atoms with E-state index in [4.69, 9.17) is 4.74 Å². The number of para-hydroxylation sites is 1. The summed E-state index contributed by atoms with van der Waals surface area (Å²) in [4.78, 5) is 10.2. The fourth-order valence-electron chi connectivity index (χ4n) is 2.96. The Labute approximate surface area is 189 Å². The number of thiazole rings is 1.